The Kier molecular flexibility index (Phi) is 3.88. The Balaban J connectivity index is 3.29. The molecule has 0 aliphatic rings. The van der Waals surface area contributed by atoms with Gasteiger partial charge in [0.25, 0.3) is 5.69 Å². The molecule has 0 amide bonds. The number of aryl methyl sites for hydroxylation is 2. The Morgan fingerprint density at radius 2 is 1.94 bits per heavy atom. The number of nitro groups is 1. The molecular weight excluding hydrogens is 258 g/mol. The maximum atomic E-state index is 11.4. The average molecular weight is 269 g/mol. The molecule has 0 spiro atoms. The molecule has 0 heterocycles. The molecule has 1 aromatic carbocycles. The highest BCUT2D eigenvalue weighted by atomic mass is 32.2. The topological polar surface area (TPSA) is 113 Å². The number of hydrogen-bond acceptors (Lipinski definition) is 5. The van der Waals surface area contributed by atoms with Crippen molar-refractivity contribution in [3.8, 4) is 6.07 Å². The van der Waals surface area contributed by atoms with Crippen molar-refractivity contribution in [2.45, 2.75) is 13.8 Å². The Bertz CT molecular complexity index is 631. The van der Waals surface area contributed by atoms with E-state index in [2.05, 4.69) is 0 Å². The fourth-order valence-corrected chi connectivity index (χ4v) is 2.06. The number of hydrogen-bond donors (Lipinski definition) is 1. The van der Waals surface area contributed by atoms with Crippen molar-refractivity contribution in [3.63, 3.8) is 0 Å². The Labute approximate surface area is 104 Å². The molecule has 0 radical (unpaired) electrons. The van der Waals surface area contributed by atoms with Gasteiger partial charge in [-0.1, -0.05) is 0 Å². The molecule has 18 heavy (non-hydrogen) atoms. The summed E-state index contributed by atoms with van der Waals surface area (Å²) in [6, 6.07) is 4.15. The molecule has 1 rings (SSSR count). The SMILES string of the molecule is Cc1cc(NS(=O)(=O)CC#N)c([N+](=O)[O-])cc1C. The van der Waals surface area contributed by atoms with Gasteiger partial charge in [-0.15, -0.1) is 0 Å². The molecule has 0 saturated heterocycles. The predicted molar refractivity (Wildman–Crippen MR) is 65.6 cm³/mol. The van der Waals surface area contributed by atoms with E-state index in [-0.39, 0.29) is 11.4 Å². The second kappa shape index (κ2) is 5.01. The molecule has 8 heteroatoms. The number of anilines is 1. The largest absolute Gasteiger partial charge is 0.293 e. The van der Waals surface area contributed by atoms with Crippen molar-refractivity contribution in [1.82, 2.24) is 0 Å². The maximum absolute atomic E-state index is 11.4. The van der Waals surface area contributed by atoms with Gasteiger partial charge in [-0.3, -0.25) is 14.8 Å². The lowest BCUT2D eigenvalue weighted by molar-refractivity contribution is -0.383. The molecular formula is C10H11N3O4S. The fraction of sp³-hybridized carbons (Fsp3) is 0.300. The molecule has 96 valence electrons. The zero-order chi connectivity index (χ0) is 13.9. The van der Waals surface area contributed by atoms with Crippen molar-refractivity contribution < 1.29 is 13.3 Å². The fourth-order valence-electron chi connectivity index (χ4n) is 1.32. The van der Waals surface area contributed by atoms with Gasteiger partial charge < -0.3 is 0 Å². The van der Waals surface area contributed by atoms with Crippen molar-refractivity contribution in [2.24, 2.45) is 0 Å². The van der Waals surface area contributed by atoms with Crippen LogP contribution in [0.1, 0.15) is 11.1 Å². The zero-order valence-electron chi connectivity index (χ0n) is 9.80. The van der Waals surface area contributed by atoms with Crippen molar-refractivity contribution in [1.29, 1.82) is 5.26 Å². The average Bonchev–Trinajstić information content (AvgIpc) is 2.22. The van der Waals surface area contributed by atoms with Crippen LogP contribution in [-0.4, -0.2) is 19.1 Å². The Hall–Kier alpha value is -2.14. The minimum absolute atomic E-state index is 0.127. The number of rotatable bonds is 4. The molecule has 0 fully saturated rings. The molecule has 7 nitrogen and oxygen atoms in total. The molecule has 0 aliphatic carbocycles. The third-order valence-corrected chi connectivity index (χ3v) is 3.37. The first-order chi connectivity index (χ1) is 8.26. The van der Waals surface area contributed by atoms with Gasteiger partial charge >= 0.3 is 0 Å². The third kappa shape index (κ3) is 3.18. The lowest BCUT2D eigenvalue weighted by Gasteiger charge is -2.08. The van der Waals surface area contributed by atoms with E-state index in [9.17, 15) is 18.5 Å². The van der Waals surface area contributed by atoms with Gasteiger partial charge in [0, 0.05) is 6.07 Å². The highest BCUT2D eigenvalue weighted by Crippen LogP contribution is 2.28. The number of benzene rings is 1. The van der Waals surface area contributed by atoms with Crippen molar-refractivity contribution in [2.75, 3.05) is 10.5 Å². The van der Waals surface area contributed by atoms with E-state index in [1.165, 1.54) is 18.2 Å². The highest BCUT2D eigenvalue weighted by Gasteiger charge is 2.20. The normalized spacial score (nSPS) is 10.7. The van der Waals surface area contributed by atoms with E-state index < -0.39 is 20.7 Å². The van der Waals surface area contributed by atoms with E-state index >= 15 is 0 Å². The van der Waals surface area contributed by atoms with Crippen LogP contribution in [0.2, 0.25) is 0 Å². The van der Waals surface area contributed by atoms with Gasteiger partial charge in [0.05, 0.1) is 11.0 Å². The van der Waals surface area contributed by atoms with Crippen LogP contribution in [-0.2, 0) is 10.0 Å². The minimum Gasteiger partial charge on any atom is -0.276 e. The van der Waals surface area contributed by atoms with Gasteiger partial charge in [-0.2, -0.15) is 5.26 Å². The van der Waals surface area contributed by atoms with E-state index in [1.807, 2.05) is 4.72 Å². The van der Waals surface area contributed by atoms with Gasteiger partial charge in [0.15, 0.2) is 5.75 Å². The number of nitriles is 1. The van der Waals surface area contributed by atoms with E-state index in [4.69, 9.17) is 5.26 Å². The Morgan fingerprint density at radius 1 is 1.39 bits per heavy atom. The molecule has 0 aliphatic heterocycles. The summed E-state index contributed by atoms with van der Waals surface area (Å²) in [4.78, 5) is 10.2. The summed E-state index contributed by atoms with van der Waals surface area (Å²) in [6.07, 6.45) is 0. The lowest BCUT2D eigenvalue weighted by Crippen LogP contribution is -2.16. The molecule has 0 unspecified atom stereocenters. The molecule has 0 saturated carbocycles. The monoisotopic (exact) mass is 269 g/mol. The summed E-state index contributed by atoms with van der Waals surface area (Å²) in [5.74, 6) is -0.753. The molecule has 1 aromatic rings. The quantitative estimate of drug-likeness (QED) is 0.656. The number of nitrogens with one attached hydrogen (secondary N) is 1. The van der Waals surface area contributed by atoms with Crippen LogP contribution in [0.25, 0.3) is 0 Å². The van der Waals surface area contributed by atoms with E-state index in [0.717, 1.165) is 5.56 Å². The zero-order valence-corrected chi connectivity index (χ0v) is 10.6. The first-order valence-corrected chi connectivity index (χ1v) is 6.55. The van der Waals surface area contributed by atoms with Crippen LogP contribution in [0.3, 0.4) is 0 Å². The maximum Gasteiger partial charge on any atom is 0.293 e. The first kappa shape index (κ1) is 13.9. The number of sulfonamides is 1. The van der Waals surface area contributed by atoms with Gasteiger partial charge in [-0.25, -0.2) is 8.42 Å². The predicted octanol–water partition coefficient (Wildman–Crippen LogP) is 1.48. The molecule has 1 N–H and O–H groups in total. The smallest absolute Gasteiger partial charge is 0.276 e. The van der Waals surface area contributed by atoms with Gasteiger partial charge in [0.1, 0.15) is 5.69 Å². The summed E-state index contributed by atoms with van der Waals surface area (Å²) >= 11 is 0. The minimum atomic E-state index is -3.89. The molecule has 0 atom stereocenters. The summed E-state index contributed by atoms with van der Waals surface area (Å²) in [5.41, 5.74) is 0.943. The van der Waals surface area contributed by atoms with Crippen molar-refractivity contribution in [3.05, 3.63) is 33.4 Å². The van der Waals surface area contributed by atoms with Crippen LogP contribution in [0, 0.1) is 35.3 Å². The summed E-state index contributed by atoms with van der Waals surface area (Å²) < 4.78 is 24.9. The second-order valence-electron chi connectivity index (χ2n) is 3.73. The van der Waals surface area contributed by atoms with Crippen LogP contribution >= 0.6 is 0 Å². The van der Waals surface area contributed by atoms with Gasteiger partial charge in [-0.05, 0) is 31.0 Å². The standard InChI is InChI=1S/C10H11N3O4S/c1-7-5-9(12-18(16,17)4-3-11)10(13(14)15)6-8(7)2/h5-6,12H,4H2,1-2H3. The van der Waals surface area contributed by atoms with Crippen LogP contribution in [0.5, 0.6) is 0 Å². The molecule has 0 aromatic heterocycles. The summed E-state index contributed by atoms with van der Waals surface area (Å²) in [6.45, 7) is 3.40. The summed E-state index contributed by atoms with van der Waals surface area (Å²) in [7, 11) is -3.89. The van der Waals surface area contributed by atoms with Crippen LogP contribution in [0.4, 0.5) is 11.4 Å². The molecule has 0 bridgehead atoms. The van der Waals surface area contributed by atoms with Gasteiger partial charge in [0.2, 0.25) is 10.0 Å². The van der Waals surface area contributed by atoms with Crippen LogP contribution in [0.15, 0.2) is 12.1 Å². The van der Waals surface area contributed by atoms with E-state index in [0.29, 0.717) is 5.56 Å². The third-order valence-electron chi connectivity index (χ3n) is 2.33. The first-order valence-electron chi connectivity index (χ1n) is 4.90. The second-order valence-corrected chi connectivity index (χ2v) is 5.45. The Morgan fingerprint density at radius 3 is 2.44 bits per heavy atom. The van der Waals surface area contributed by atoms with Crippen LogP contribution < -0.4 is 4.72 Å². The number of nitrogens with zero attached hydrogens (tertiary/aromatic N) is 2. The van der Waals surface area contributed by atoms with Crippen molar-refractivity contribution >= 4 is 21.4 Å². The van der Waals surface area contributed by atoms with E-state index in [1.54, 1.807) is 13.8 Å². The summed E-state index contributed by atoms with van der Waals surface area (Å²) in [5, 5.41) is 19.2. The highest BCUT2D eigenvalue weighted by molar-refractivity contribution is 7.92. The lowest BCUT2D eigenvalue weighted by atomic mass is 10.1. The number of nitro benzene ring substituents is 1.